The first-order chi connectivity index (χ1) is 15.2. The Bertz CT molecular complexity index is 1060. The maximum absolute atomic E-state index is 13.2. The van der Waals surface area contributed by atoms with Crippen molar-refractivity contribution in [1.82, 2.24) is 9.88 Å². The van der Waals surface area contributed by atoms with Gasteiger partial charge in [-0.2, -0.15) is 0 Å². The lowest BCUT2D eigenvalue weighted by Gasteiger charge is -2.38. The number of amides is 1. The summed E-state index contributed by atoms with van der Waals surface area (Å²) in [7, 11) is 0. The molecule has 1 atom stereocenters. The van der Waals surface area contributed by atoms with Crippen LogP contribution in [-0.4, -0.2) is 41.5 Å². The van der Waals surface area contributed by atoms with E-state index in [4.69, 9.17) is 9.15 Å². The summed E-state index contributed by atoms with van der Waals surface area (Å²) in [4.78, 5) is 21.7. The maximum Gasteiger partial charge on any atom is 0.265 e. The zero-order valence-electron chi connectivity index (χ0n) is 17.2. The molecule has 1 aromatic heterocycles. The Balaban J connectivity index is 1.36. The van der Waals surface area contributed by atoms with Gasteiger partial charge in [-0.3, -0.25) is 4.79 Å². The average Bonchev–Trinajstić information content (AvgIpc) is 3.28. The van der Waals surface area contributed by atoms with Crippen LogP contribution >= 0.6 is 0 Å². The van der Waals surface area contributed by atoms with Gasteiger partial charge in [0.2, 0.25) is 5.89 Å². The molecule has 1 amide bonds. The molecule has 0 saturated carbocycles. The van der Waals surface area contributed by atoms with Crippen molar-refractivity contribution in [2.45, 2.75) is 31.9 Å². The van der Waals surface area contributed by atoms with Crippen molar-refractivity contribution in [3.63, 3.8) is 0 Å². The average molecular weight is 421 g/mol. The van der Waals surface area contributed by atoms with Crippen LogP contribution in [0.25, 0.3) is 11.5 Å². The smallest absolute Gasteiger partial charge is 0.265 e. The number of piperidine rings is 1. The van der Waals surface area contributed by atoms with Gasteiger partial charge in [-0.05, 0) is 55.7 Å². The summed E-state index contributed by atoms with van der Waals surface area (Å²) >= 11 is 0. The predicted molar refractivity (Wildman–Crippen MR) is 114 cm³/mol. The second-order valence-corrected chi connectivity index (χ2v) is 7.99. The van der Waals surface area contributed by atoms with Crippen molar-refractivity contribution in [2.75, 3.05) is 24.5 Å². The lowest BCUT2D eigenvalue weighted by Crippen LogP contribution is -2.51. The first-order valence-electron chi connectivity index (χ1n) is 10.7. The first-order valence-corrected chi connectivity index (χ1v) is 10.7. The van der Waals surface area contributed by atoms with Crippen LogP contribution in [0.2, 0.25) is 0 Å². The Labute approximate surface area is 180 Å². The van der Waals surface area contributed by atoms with Crippen molar-refractivity contribution in [3.05, 3.63) is 66.3 Å². The fourth-order valence-electron chi connectivity index (χ4n) is 4.20. The summed E-state index contributed by atoms with van der Waals surface area (Å²) in [5, 5.41) is 0. The van der Waals surface area contributed by atoms with E-state index in [-0.39, 0.29) is 11.7 Å². The van der Waals surface area contributed by atoms with Crippen LogP contribution in [0.3, 0.4) is 0 Å². The minimum absolute atomic E-state index is 0.0476. The SMILES string of the molecule is O=C(C1CN(Cc2coc(-c3ccc(F)cc3)n2)c2ccccc2O1)N1CCCCC1. The third-order valence-electron chi connectivity index (χ3n) is 5.80. The normalized spacial score (nSPS) is 18.4. The molecule has 160 valence electrons. The molecule has 2 aliphatic rings. The number of para-hydroxylation sites is 2. The molecule has 1 saturated heterocycles. The molecule has 1 unspecified atom stereocenters. The van der Waals surface area contributed by atoms with Crippen LogP contribution in [0.4, 0.5) is 10.1 Å². The number of benzene rings is 2. The van der Waals surface area contributed by atoms with E-state index in [0.717, 1.165) is 37.3 Å². The van der Waals surface area contributed by atoms with Crippen molar-refractivity contribution in [2.24, 2.45) is 0 Å². The van der Waals surface area contributed by atoms with Gasteiger partial charge in [-0.1, -0.05) is 12.1 Å². The van der Waals surface area contributed by atoms with Crippen LogP contribution in [0.5, 0.6) is 5.75 Å². The monoisotopic (exact) mass is 421 g/mol. The van der Waals surface area contributed by atoms with Crippen LogP contribution in [0.1, 0.15) is 25.0 Å². The number of carbonyl (C=O) groups excluding carboxylic acids is 1. The van der Waals surface area contributed by atoms with Crippen molar-refractivity contribution in [1.29, 1.82) is 0 Å². The van der Waals surface area contributed by atoms with E-state index in [1.807, 2.05) is 29.2 Å². The van der Waals surface area contributed by atoms with Crippen molar-refractivity contribution in [3.8, 4) is 17.2 Å². The van der Waals surface area contributed by atoms with Gasteiger partial charge in [0, 0.05) is 18.7 Å². The zero-order valence-corrected chi connectivity index (χ0v) is 17.2. The number of halogens is 1. The van der Waals surface area contributed by atoms with Crippen LogP contribution in [0.15, 0.2) is 59.2 Å². The molecule has 0 bridgehead atoms. The Hall–Kier alpha value is -3.35. The van der Waals surface area contributed by atoms with E-state index in [0.29, 0.717) is 30.3 Å². The highest BCUT2D eigenvalue weighted by atomic mass is 19.1. The standard InChI is InChI=1S/C24H24FN3O3/c25-18-10-8-17(9-11-18)23-26-19(16-30-23)14-28-15-22(24(29)27-12-4-1-5-13-27)31-21-7-3-2-6-20(21)28/h2-3,6-11,16,22H,1,4-5,12-15H2. The van der Waals surface area contributed by atoms with Crippen LogP contribution < -0.4 is 9.64 Å². The summed E-state index contributed by atoms with van der Waals surface area (Å²) in [6.07, 6.45) is 4.33. The highest BCUT2D eigenvalue weighted by molar-refractivity contribution is 5.83. The van der Waals surface area contributed by atoms with E-state index < -0.39 is 6.10 Å². The molecule has 2 aliphatic heterocycles. The number of hydrogen-bond donors (Lipinski definition) is 0. The van der Waals surface area contributed by atoms with Gasteiger partial charge in [0.25, 0.3) is 5.91 Å². The Morgan fingerprint density at radius 3 is 2.65 bits per heavy atom. The predicted octanol–water partition coefficient (Wildman–Crippen LogP) is 4.26. The number of hydrogen-bond acceptors (Lipinski definition) is 5. The molecule has 31 heavy (non-hydrogen) atoms. The number of carbonyl (C=O) groups is 1. The highest BCUT2D eigenvalue weighted by Crippen LogP contribution is 2.35. The van der Waals surface area contributed by atoms with Gasteiger partial charge in [-0.15, -0.1) is 0 Å². The number of ether oxygens (including phenoxy) is 1. The summed E-state index contributed by atoms with van der Waals surface area (Å²) in [5.74, 6) is 0.889. The van der Waals surface area contributed by atoms with E-state index in [9.17, 15) is 9.18 Å². The number of likely N-dealkylation sites (tertiary alicyclic amines) is 1. The molecule has 1 fully saturated rings. The Morgan fingerprint density at radius 2 is 1.84 bits per heavy atom. The third-order valence-corrected chi connectivity index (χ3v) is 5.80. The lowest BCUT2D eigenvalue weighted by atomic mass is 10.1. The van der Waals surface area contributed by atoms with Gasteiger partial charge >= 0.3 is 0 Å². The van der Waals surface area contributed by atoms with Crippen LogP contribution in [0, 0.1) is 5.82 Å². The number of rotatable bonds is 4. The number of nitrogens with zero attached hydrogens (tertiary/aromatic N) is 3. The summed E-state index contributed by atoms with van der Waals surface area (Å²) < 4.78 is 24.9. The minimum atomic E-state index is -0.545. The molecule has 6 nitrogen and oxygen atoms in total. The Morgan fingerprint density at radius 1 is 1.06 bits per heavy atom. The highest BCUT2D eigenvalue weighted by Gasteiger charge is 2.34. The van der Waals surface area contributed by atoms with Gasteiger partial charge in [0.1, 0.15) is 17.8 Å². The lowest BCUT2D eigenvalue weighted by molar-refractivity contribution is -0.139. The van der Waals surface area contributed by atoms with Gasteiger partial charge in [0.05, 0.1) is 24.5 Å². The molecule has 7 heteroatoms. The largest absolute Gasteiger partial charge is 0.477 e. The van der Waals surface area contributed by atoms with Gasteiger partial charge in [0.15, 0.2) is 6.10 Å². The van der Waals surface area contributed by atoms with Crippen molar-refractivity contribution < 1.29 is 18.3 Å². The minimum Gasteiger partial charge on any atom is -0.477 e. The molecular formula is C24H24FN3O3. The molecule has 5 rings (SSSR count). The zero-order chi connectivity index (χ0) is 21.2. The van der Waals surface area contributed by atoms with E-state index in [2.05, 4.69) is 9.88 Å². The van der Waals surface area contributed by atoms with Gasteiger partial charge < -0.3 is 19.0 Å². The topological polar surface area (TPSA) is 58.8 Å². The molecule has 0 N–H and O–H groups in total. The fraction of sp³-hybridized carbons (Fsp3) is 0.333. The van der Waals surface area contributed by atoms with Crippen LogP contribution in [-0.2, 0) is 11.3 Å². The molecular weight excluding hydrogens is 397 g/mol. The quantitative estimate of drug-likeness (QED) is 0.630. The van der Waals surface area contributed by atoms with E-state index in [1.165, 1.54) is 18.6 Å². The molecule has 0 radical (unpaired) electrons. The molecule has 3 aromatic rings. The fourth-order valence-corrected chi connectivity index (χ4v) is 4.20. The van der Waals surface area contributed by atoms with E-state index in [1.54, 1.807) is 18.4 Å². The number of anilines is 1. The number of fused-ring (bicyclic) bond motifs is 1. The molecule has 0 spiro atoms. The summed E-state index contributed by atoms with van der Waals surface area (Å²) in [5.41, 5.74) is 2.38. The number of aromatic nitrogens is 1. The second-order valence-electron chi connectivity index (χ2n) is 7.99. The van der Waals surface area contributed by atoms with Gasteiger partial charge in [-0.25, -0.2) is 9.37 Å². The maximum atomic E-state index is 13.2. The van der Waals surface area contributed by atoms with E-state index >= 15 is 0 Å². The van der Waals surface area contributed by atoms with Crippen molar-refractivity contribution >= 4 is 11.6 Å². The second kappa shape index (κ2) is 8.41. The third kappa shape index (κ3) is 4.13. The number of oxazole rings is 1. The molecule has 0 aliphatic carbocycles. The Kier molecular flexibility index (Phi) is 5.32. The molecule has 3 heterocycles. The first kappa shape index (κ1) is 19.6. The summed E-state index contributed by atoms with van der Waals surface area (Å²) in [6, 6.07) is 13.8. The summed E-state index contributed by atoms with van der Waals surface area (Å²) in [6.45, 7) is 2.52. The molecule has 2 aromatic carbocycles.